The SMILES string of the molecule is COc1ccc(C2CCCN2CC(=O)Nc2ccc(C)c([N+](=O)[O-])c2)c(OC)c1. The summed E-state index contributed by atoms with van der Waals surface area (Å²) < 4.78 is 10.8. The number of methoxy groups -OCH3 is 2. The Morgan fingerprint density at radius 3 is 2.72 bits per heavy atom. The molecule has 1 aliphatic rings. The molecule has 0 radical (unpaired) electrons. The summed E-state index contributed by atoms with van der Waals surface area (Å²) in [7, 11) is 3.23. The van der Waals surface area contributed by atoms with Gasteiger partial charge in [0, 0.05) is 35.0 Å². The number of nitro benzene ring substituents is 1. The summed E-state index contributed by atoms with van der Waals surface area (Å²) in [6.45, 7) is 2.66. The summed E-state index contributed by atoms with van der Waals surface area (Å²) in [6, 6.07) is 10.5. The molecule has 8 heteroatoms. The largest absolute Gasteiger partial charge is 0.497 e. The molecule has 8 nitrogen and oxygen atoms in total. The third-order valence-electron chi connectivity index (χ3n) is 5.20. The van der Waals surface area contributed by atoms with Crippen LogP contribution in [0.2, 0.25) is 0 Å². The number of nitrogens with zero attached hydrogens (tertiary/aromatic N) is 2. The van der Waals surface area contributed by atoms with Crippen molar-refractivity contribution in [2.24, 2.45) is 0 Å². The van der Waals surface area contributed by atoms with E-state index in [1.807, 2.05) is 18.2 Å². The van der Waals surface area contributed by atoms with Crippen LogP contribution in [-0.2, 0) is 4.79 Å². The molecule has 0 aliphatic carbocycles. The number of anilines is 1. The van der Waals surface area contributed by atoms with Gasteiger partial charge in [-0.05, 0) is 38.4 Å². The predicted molar refractivity (Wildman–Crippen MR) is 110 cm³/mol. The van der Waals surface area contributed by atoms with Crippen molar-refractivity contribution in [3.05, 3.63) is 57.6 Å². The second-order valence-electron chi connectivity index (χ2n) is 7.04. The number of hydrogen-bond acceptors (Lipinski definition) is 6. The number of carbonyl (C=O) groups is 1. The molecule has 1 unspecified atom stereocenters. The minimum atomic E-state index is -0.447. The van der Waals surface area contributed by atoms with Crippen molar-refractivity contribution in [2.75, 3.05) is 32.6 Å². The van der Waals surface area contributed by atoms with E-state index in [4.69, 9.17) is 9.47 Å². The maximum Gasteiger partial charge on any atom is 0.274 e. The molecule has 1 fully saturated rings. The molecule has 1 atom stereocenters. The van der Waals surface area contributed by atoms with Crippen LogP contribution in [-0.4, -0.2) is 43.0 Å². The Morgan fingerprint density at radius 1 is 1.24 bits per heavy atom. The van der Waals surface area contributed by atoms with Gasteiger partial charge in [-0.2, -0.15) is 0 Å². The zero-order valence-corrected chi connectivity index (χ0v) is 16.8. The molecule has 2 aromatic carbocycles. The van der Waals surface area contributed by atoms with Crippen molar-refractivity contribution >= 4 is 17.3 Å². The molecule has 0 aromatic heterocycles. The summed E-state index contributed by atoms with van der Waals surface area (Å²) in [4.78, 5) is 25.4. The van der Waals surface area contributed by atoms with Gasteiger partial charge in [0.2, 0.25) is 5.91 Å². The van der Waals surface area contributed by atoms with E-state index in [0.29, 0.717) is 17.0 Å². The van der Waals surface area contributed by atoms with Gasteiger partial charge in [-0.1, -0.05) is 12.1 Å². The van der Waals surface area contributed by atoms with E-state index in [1.165, 1.54) is 6.07 Å². The predicted octanol–water partition coefficient (Wildman–Crippen LogP) is 3.70. The van der Waals surface area contributed by atoms with Crippen molar-refractivity contribution in [3.63, 3.8) is 0 Å². The summed E-state index contributed by atoms with van der Waals surface area (Å²) >= 11 is 0. The lowest BCUT2D eigenvalue weighted by Gasteiger charge is -2.25. The smallest absolute Gasteiger partial charge is 0.274 e. The summed E-state index contributed by atoms with van der Waals surface area (Å²) in [5, 5.41) is 13.9. The van der Waals surface area contributed by atoms with Crippen molar-refractivity contribution in [3.8, 4) is 11.5 Å². The molecule has 0 saturated carbocycles. The van der Waals surface area contributed by atoms with Crippen molar-refractivity contribution < 1.29 is 19.2 Å². The van der Waals surface area contributed by atoms with Gasteiger partial charge < -0.3 is 14.8 Å². The number of aryl methyl sites for hydroxylation is 1. The molecule has 1 aliphatic heterocycles. The van der Waals surface area contributed by atoms with Gasteiger partial charge >= 0.3 is 0 Å². The molecule has 0 spiro atoms. The Labute approximate surface area is 169 Å². The van der Waals surface area contributed by atoms with Gasteiger partial charge in [0.05, 0.1) is 25.7 Å². The Balaban J connectivity index is 1.72. The molecule has 0 bridgehead atoms. The van der Waals surface area contributed by atoms with Crippen LogP contribution in [0.15, 0.2) is 36.4 Å². The van der Waals surface area contributed by atoms with Crippen molar-refractivity contribution in [2.45, 2.75) is 25.8 Å². The fourth-order valence-electron chi connectivity index (χ4n) is 3.73. The number of carbonyl (C=O) groups excluding carboxylic acids is 1. The topological polar surface area (TPSA) is 93.9 Å². The molecular weight excluding hydrogens is 374 g/mol. The first-order valence-corrected chi connectivity index (χ1v) is 9.43. The highest BCUT2D eigenvalue weighted by atomic mass is 16.6. The summed E-state index contributed by atoms with van der Waals surface area (Å²) in [5.41, 5.74) is 1.98. The first kappa shape index (κ1) is 20.6. The number of amides is 1. The zero-order chi connectivity index (χ0) is 21.0. The standard InChI is InChI=1S/C21H25N3O5/c1-14-6-7-15(11-19(14)24(26)27)22-21(25)13-23-10-4-5-18(23)17-9-8-16(28-2)12-20(17)29-3/h6-9,11-12,18H,4-5,10,13H2,1-3H3,(H,22,25). The molecule has 1 N–H and O–H groups in total. The summed E-state index contributed by atoms with van der Waals surface area (Å²) in [6.07, 6.45) is 1.90. The van der Waals surface area contributed by atoms with Crippen LogP contribution in [0.4, 0.5) is 11.4 Å². The van der Waals surface area contributed by atoms with Crippen LogP contribution >= 0.6 is 0 Å². The summed E-state index contributed by atoms with van der Waals surface area (Å²) in [5.74, 6) is 1.24. The van der Waals surface area contributed by atoms with E-state index in [2.05, 4.69) is 10.2 Å². The Kier molecular flexibility index (Phi) is 6.33. The van der Waals surface area contributed by atoms with Gasteiger partial charge in [-0.3, -0.25) is 19.8 Å². The monoisotopic (exact) mass is 399 g/mol. The maximum absolute atomic E-state index is 12.6. The molecule has 2 aromatic rings. The minimum absolute atomic E-state index is 0.00943. The van der Waals surface area contributed by atoms with Gasteiger partial charge in [0.1, 0.15) is 11.5 Å². The number of ether oxygens (including phenoxy) is 2. The number of likely N-dealkylation sites (tertiary alicyclic amines) is 1. The third kappa shape index (κ3) is 4.65. The normalized spacial score (nSPS) is 16.4. The van der Waals surface area contributed by atoms with E-state index in [0.717, 1.165) is 30.7 Å². The highest BCUT2D eigenvalue weighted by Crippen LogP contribution is 2.38. The fourth-order valence-corrected chi connectivity index (χ4v) is 3.73. The van der Waals surface area contributed by atoms with Gasteiger partial charge in [0.15, 0.2) is 0 Å². The lowest BCUT2D eigenvalue weighted by atomic mass is 10.0. The second kappa shape index (κ2) is 8.91. The van der Waals surface area contributed by atoms with Gasteiger partial charge in [-0.15, -0.1) is 0 Å². The Bertz CT molecular complexity index is 915. The molecule has 29 heavy (non-hydrogen) atoms. The lowest BCUT2D eigenvalue weighted by molar-refractivity contribution is -0.385. The number of hydrogen-bond donors (Lipinski definition) is 1. The van der Waals surface area contributed by atoms with Crippen molar-refractivity contribution in [1.29, 1.82) is 0 Å². The van der Waals surface area contributed by atoms with Crippen molar-refractivity contribution in [1.82, 2.24) is 4.90 Å². The van der Waals surface area contributed by atoms with Crippen LogP contribution in [0.1, 0.15) is 30.0 Å². The highest BCUT2D eigenvalue weighted by Gasteiger charge is 2.30. The van der Waals surface area contributed by atoms with E-state index in [9.17, 15) is 14.9 Å². The molecule has 3 rings (SSSR count). The van der Waals surface area contributed by atoms with E-state index >= 15 is 0 Å². The number of nitrogens with one attached hydrogen (secondary N) is 1. The lowest BCUT2D eigenvalue weighted by Crippen LogP contribution is -2.33. The van der Waals surface area contributed by atoms with Crippen LogP contribution in [0, 0.1) is 17.0 Å². The molecule has 154 valence electrons. The van der Waals surface area contributed by atoms with E-state index in [1.54, 1.807) is 33.3 Å². The minimum Gasteiger partial charge on any atom is -0.497 e. The van der Waals surface area contributed by atoms with E-state index < -0.39 is 4.92 Å². The Morgan fingerprint density at radius 2 is 2.03 bits per heavy atom. The highest BCUT2D eigenvalue weighted by molar-refractivity contribution is 5.92. The molecule has 1 saturated heterocycles. The Hall–Kier alpha value is -3.13. The first-order valence-electron chi connectivity index (χ1n) is 9.43. The zero-order valence-electron chi connectivity index (χ0n) is 16.8. The second-order valence-corrected chi connectivity index (χ2v) is 7.04. The van der Waals surface area contributed by atoms with Crippen LogP contribution < -0.4 is 14.8 Å². The molecular formula is C21H25N3O5. The van der Waals surface area contributed by atoms with Crippen LogP contribution in [0.25, 0.3) is 0 Å². The first-order chi connectivity index (χ1) is 13.9. The number of rotatable bonds is 7. The third-order valence-corrected chi connectivity index (χ3v) is 5.20. The number of nitro groups is 1. The maximum atomic E-state index is 12.6. The van der Waals surface area contributed by atoms with Gasteiger partial charge in [-0.25, -0.2) is 0 Å². The van der Waals surface area contributed by atoms with Crippen LogP contribution in [0.3, 0.4) is 0 Å². The number of benzene rings is 2. The average molecular weight is 399 g/mol. The van der Waals surface area contributed by atoms with E-state index in [-0.39, 0.29) is 24.2 Å². The molecule has 1 heterocycles. The van der Waals surface area contributed by atoms with Crippen LogP contribution in [0.5, 0.6) is 11.5 Å². The average Bonchev–Trinajstić information content (AvgIpc) is 3.16. The molecule has 1 amide bonds. The quantitative estimate of drug-likeness (QED) is 0.564. The van der Waals surface area contributed by atoms with Gasteiger partial charge in [0.25, 0.3) is 5.69 Å². The fraction of sp³-hybridized carbons (Fsp3) is 0.381.